The molecule has 1 atom stereocenters. The van der Waals surface area contributed by atoms with Gasteiger partial charge in [0, 0.05) is 17.5 Å². The monoisotopic (exact) mass is 268 g/mol. The van der Waals surface area contributed by atoms with Gasteiger partial charge in [0.1, 0.15) is 5.82 Å². The van der Waals surface area contributed by atoms with E-state index in [4.69, 9.17) is 0 Å². The van der Waals surface area contributed by atoms with Gasteiger partial charge in [-0.1, -0.05) is 43.3 Å². The Labute approximate surface area is 118 Å². The highest BCUT2D eigenvalue weighted by molar-refractivity contribution is 5.98. The molecule has 3 rings (SSSR count). The van der Waals surface area contributed by atoms with E-state index in [1.807, 2.05) is 24.3 Å². The third kappa shape index (κ3) is 2.26. The molecule has 102 valence electrons. The molecule has 2 aromatic carbocycles. The van der Waals surface area contributed by atoms with Crippen molar-refractivity contribution in [2.45, 2.75) is 32.1 Å². The first-order chi connectivity index (χ1) is 9.66. The summed E-state index contributed by atoms with van der Waals surface area (Å²) in [6.07, 6.45) is 2.57. The van der Waals surface area contributed by atoms with Gasteiger partial charge in [-0.05, 0) is 36.0 Å². The number of carbonyl (C=O) groups is 1. The zero-order valence-electron chi connectivity index (χ0n) is 11.5. The number of hydrogen-bond donors (Lipinski definition) is 0. The summed E-state index contributed by atoms with van der Waals surface area (Å²) in [6.45, 7) is 2.14. The lowest BCUT2D eigenvalue weighted by atomic mass is 9.90. The van der Waals surface area contributed by atoms with Crippen LogP contribution in [0, 0.1) is 5.82 Å². The summed E-state index contributed by atoms with van der Waals surface area (Å²) in [6, 6.07) is 12.5. The van der Waals surface area contributed by atoms with Crippen LogP contribution in [0.4, 0.5) is 4.39 Å². The van der Waals surface area contributed by atoms with Crippen LogP contribution in [-0.2, 0) is 0 Å². The Morgan fingerprint density at radius 3 is 2.70 bits per heavy atom. The summed E-state index contributed by atoms with van der Waals surface area (Å²) in [5.74, 6) is 0.340. The summed E-state index contributed by atoms with van der Waals surface area (Å²) in [5.41, 5.74) is 3.32. The first-order valence-corrected chi connectivity index (χ1v) is 7.09. The van der Waals surface area contributed by atoms with Crippen LogP contribution in [0.5, 0.6) is 0 Å². The Kier molecular flexibility index (Phi) is 3.39. The van der Waals surface area contributed by atoms with Gasteiger partial charge in [-0.15, -0.1) is 0 Å². The number of Topliss-reactive ketones (excluding diaryl/α,β-unsaturated/α-hetero) is 1. The predicted molar refractivity (Wildman–Crippen MR) is 78.4 cm³/mol. The van der Waals surface area contributed by atoms with E-state index in [9.17, 15) is 9.18 Å². The maximum absolute atomic E-state index is 13.9. The van der Waals surface area contributed by atoms with Gasteiger partial charge in [-0.3, -0.25) is 4.79 Å². The van der Waals surface area contributed by atoms with E-state index in [0.717, 1.165) is 29.5 Å². The average molecular weight is 268 g/mol. The number of halogens is 1. The fourth-order valence-corrected chi connectivity index (χ4v) is 2.95. The topological polar surface area (TPSA) is 17.1 Å². The molecule has 2 aromatic rings. The minimum Gasteiger partial charge on any atom is -0.294 e. The van der Waals surface area contributed by atoms with Crippen LogP contribution in [-0.4, -0.2) is 5.78 Å². The van der Waals surface area contributed by atoms with Gasteiger partial charge in [0.15, 0.2) is 5.78 Å². The Morgan fingerprint density at radius 2 is 1.90 bits per heavy atom. The second-order valence-corrected chi connectivity index (χ2v) is 5.50. The third-order valence-electron chi connectivity index (χ3n) is 4.11. The fourth-order valence-electron chi connectivity index (χ4n) is 2.95. The van der Waals surface area contributed by atoms with Gasteiger partial charge in [0.05, 0.1) is 0 Å². The Balaban J connectivity index is 2.13. The van der Waals surface area contributed by atoms with Crippen LogP contribution in [0.2, 0.25) is 0 Å². The molecule has 0 bridgehead atoms. The van der Waals surface area contributed by atoms with Crippen molar-refractivity contribution in [2.75, 3.05) is 0 Å². The minimum atomic E-state index is -0.222. The lowest BCUT2D eigenvalue weighted by Crippen LogP contribution is -2.02. The van der Waals surface area contributed by atoms with E-state index in [0.29, 0.717) is 17.9 Å². The van der Waals surface area contributed by atoms with Gasteiger partial charge < -0.3 is 0 Å². The molecule has 20 heavy (non-hydrogen) atoms. The molecule has 0 N–H and O–H groups in total. The van der Waals surface area contributed by atoms with Gasteiger partial charge >= 0.3 is 0 Å². The molecule has 0 aliphatic heterocycles. The van der Waals surface area contributed by atoms with Crippen LogP contribution in [0.1, 0.15) is 48.0 Å². The zero-order valence-corrected chi connectivity index (χ0v) is 11.5. The molecule has 2 heteroatoms. The van der Waals surface area contributed by atoms with Crippen LogP contribution >= 0.6 is 0 Å². The highest BCUT2D eigenvalue weighted by Gasteiger charge is 2.21. The summed E-state index contributed by atoms with van der Waals surface area (Å²) in [7, 11) is 0. The summed E-state index contributed by atoms with van der Waals surface area (Å²) >= 11 is 0. The molecule has 0 saturated carbocycles. The van der Waals surface area contributed by atoms with Crippen molar-refractivity contribution in [1.82, 2.24) is 0 Å². The van der Waals surface area contributed by atoms with E-state index in [2.05, 4.69) is 6.92 Å². The molecule has 0 amide bonds. The molecule has 1 aliphatic rings. The molecule has 1 unspecified atom stereocenters. The molecule has 0 fully saturated rings. The SMILES string of the molecule is CC1CCCC(=O)c2ccc(-c3ccccc3F)cc21. The minimum absolute atomic E-state index is 0.212. The second-order valence-electron chi connectivity index (χ2n) is 5.50. The van der Waals surface area contributed by atoms with Crippen molar-refractivity contribution in [1.29, 1.82) is 0 Å². The average Bonchev–Trinajstić information content (AvgIpc) is 2.59. The Bertz CT molecular complexity index is 660. The molecule has 0 spiro atoms. The quantitative estimate of drug-likeness (QED) is 0.668. The van der Waals surface area contributed by atoms with E-state index < -0.39 is 0 Å². The lowest BCUT2D eigenvalue weighted by Gasteiger charge is -2.14. The van der Waals surface area contributed by atoms with Gasteiger partial charge in [0.25, 0.3) is 0 Å². The molecule has 1 nitrogen and oxygen atoms in total. The summed E-state index contributed by atoms with van der Waals surface area (Å²) in [4.78, 5) is 12.1. The number of hydrogen-bond acceptors (Lipinski definition) is 1. The predicted octanol–water partition coefficient (Wildman–Crippen LogP) is 4.96. The smallest absolute Gasteiger partial charge is 0.163 e. The van der Waals surface area contributed by atoms with Crippen molar-refractivity contribution in [3.8, 4) is 11.1 Å². The fraction of sp³-hybridized carbons (Fsp3) is 0.278. The van der Waals surface area contributed by atoms with Gasteiger partial charge in [-0.2, -0.15) is 0 Å². The van der Waals surface area contributed by atoms with E-state index in [-0.39, 0.29) is 11.6 Å². The van der Waals surface area contributed by atoms with E-state index >= 15 is 0 Å². The van der Waals surface area contributed by atoms with Crippen molar-refractivity contribution < 1.29 is 9.18 Å². The normalized spacial score (nSPS) is 18.5. The molecule has 0 radical (unpaired) electrons. The first kappa shape index (κ1) is 13.0. The number of ketones is 1. The number of fused-ring (bicyclic) bond motifs is 1. The Morgan fingerprint density at radius 1 is 1.10 bits per heavy atom. The van der Waals surface area contributed by atoms with Crippen LogP contribution in [0.3, 0.4) is 0 Å². The van der Waals surface area contributed by atoms with Crippen molar-refractivity contribution in [3.05, 3.63) is 59.4 Å². The standard InChI is InChI=1S/C18H17FO/c1-12-5-4-8-18(20)15-10-9-13(11-16(12)15)14-6-2-3-7-17(14)19/h2-3,6-7,9-12H,4-5,8H2,1H3. The van der Waals surface area contributed by atoms with Crippen LogP contribution in [0.25, 0.3) is 11.1 Å². The van der Waals surface area contributed by atoms with Crippen molar-refractivity contribution >= 4 is 5.78 Å². The van der Waals surface area contributed by atoms with Crippen LogP contribution in [0.15, 0.2) is 42.5 Å². The Hall–Kier alpha value is -1.96. The van der Waals surface area contributed by atoms with E-state index in [1.54, 1.807) is 12.1 Å². The highest BCUT2D eigenvalue weighted by atomic mass is 19.1. The number of carbonyl (C=O) groups excluding carboxylic acids is 1. The molecule has 0 saturated heterocycles. The summed E-state index contributed by atoms with van der Waals surface area (Å²) in [5, 5.41) is 0. The van der Waals surface area contributed by atoms with Crippen LogP contribution < -0.4 is 0 Å². The highest BCUT2D eigenvalue weighted by Crippen LogP contribution is 2.34. The maximum Gasteiger partial charge on any atom is 0.163 e. The molecule has 0 heterocycles. The summed E-state index contributed by atoms with van der Waals surface area (Å²) < 4.78 is 13.9. The maximum atomic E-state index is 13.9. The van der Waals surface area contributed by atoms with Crippen molar-refractivity contribution in [3.63, 3.8) is 0 Å². The van der Waals surface area contributed by atoms with Crippen molar-refractivity contribution in [2.24, 2.45) is 0 Å². The molecular formula is C18H17FO. The van der Waals surface area contributed by atoms with E-state index in [1.165, 1.54) is 6.07 Å². The van der Waals surface area contributed by atoms with Gasteiger partial charge in [-0.25, -0.2) is 4.39 Å². The zero-order chi connectivity index (χ0) is 14.1. The third-order valence-corrected chi connectivity index (χ3v) is 4.11. The first-order valence-electron chi connectivity index (χ1n) is 7.09. The molecular weight excluding hydrogens is 251 g/mol. The molecule has 1 aliphatic carbocycles. The number of benzene rings is 2. The lowest BCUT2D eigenvalue weighted by molar-refractivity contribution is 0.0982. The number of rotatable bonds is 1. The second kappa shape index (κ2) is 5.20. The largest absolute Gasteiger partial charge is 0.294 e. The molecule has 0 aromatic heterocycles. The van der Waals surface area contributed by atoms with Gasteiger partial charge in [0.2, 0.25) is 0 Å².